The number of ether oxygens (including phenoxy) is 1. The van der Waals surface area contributed by atoms with Gasteiger partial charge in [0, 0.05) is 6.07 Å². The van der Waals surface area contributed by atoms with E-state index in [1.54, 1.807) is 6.07 Å². The van der Waals surface area contributed by atoms with Crippen LogP contribution < -0.4 is 4.74 Å². The van der Waals surface area contributed by atoms with Crippen molar-refractivity contribution in [2.24, 2.45) is 0 Å². The first-order chi connectivity index (χ1) is 8.52. The molecule has 0 fully saturated rings. The lowest BCUT2D eigenvalue weighted by Gasteiger charge is -2.18. The van der Waals surface area contributed by atoms with Gasteiger partial charge in [0.25, 0.3) is 5.69 Å². The second kappa shape index (κ2) is 5.95. The molecule has 0 radical (unpaired) electrons. The normalized spacial score (nSPS) is 13.4. The Balaban J connectivity index is 3.27. The lowest BCUT2D eigenvalue weighted by Crippen LogP contribution is -2.19. The van der Waals surface area contributed by atoms with E-state index in [1.807, 2.05) is 0 Å². The monoisotopic (exact) mass is 252 g/mol. The molecule has 0 amide bonds. The largest absolute Gasteiger partial charge is 0.496 e. The molecule has 18 heavy (non-hydrogen) atoms. The van der Waals surface area contributed by atoms with E-state index in [9.17, 15) is 20.3 Å². The van der Waals surface area contributed by atoms with E-state index >= 15 is 0 Å². The molecule has 0 saturated heterocycles. The van der Waals surface area contributed by atoms with Gasteiger partial charge in [0.15, 0.2) is 0 Å². The quantitative estimate of drug-likeness (QED) is 0.594. The van der Waals surface area contributed by atoms with Crippen LogP contribution in [0.5, 0.6) is 5.75 Å². The van der Waals surface area contributed by atoms with Crippen LogP contribution in [0.4, 0.5) is 5.69 Å². The Kier molecular flexibility index (Phi) is 4.59. The number of aliphatic hydroxyl groups excluding tert-OH is 2. The average molecular weight is 252 g/mol. The Bertz CT molecular complexity index is 483. The van der Waals surface area contributed by atoms with Crippen LogP contribution in [-0.4, -0.2) is 28.4 Å². The zero-order chi connectivity index (χ0) is 13.7. The first-order valence-corrected chi connectivity index (χ1v) is 5.07. The summed E-state index contributed by atoms with van der Waals surface area (Å²) in [6.45, 7) is 0. The van der Waals surface area contributed by atoms with Crippen molar-refractivity contribution in [3.8, 4) is 11.8 Å². The molecule has 0 bridgehead atoms. The van der Waals surface area contributed by atoms with Crippen LogP contribution in [0.25, 0.3) is 0 Å². The van der Waals surface area contributed by atoms with Gasteiger partial charge in [0.1, 0.15) is 17.4 Å². The highest BCUT2D eigenvalue weighted by atomic mass is 16.6. The zero-order valence-corrected chi connectivity index (χ0v) is 9.61. The van der Waals surface area contributed by atoms with Gasteiger partial charge in [-0.15, -0.1) is 0 Å². The molecular formula is C11H12N2O5. The van der Waals surface area contributed by atoms with Crippen molar-refractivity contribution in [1.29, 1.82) is 5.26 Å². The standard InChI is InChI=1S/C11H12N2O5/c1-18-9-4-2-3-7(13(16)17)10(9)11(15)8(14)5-6-12/h2-4,8,11,14-15H,5H2,1H3. The third-order valence-corrected chi connectivity index (χ3v) is 2.42. The minimum atomic E-state index is -1.55. The van der Waals surface area contributed by atoms with Crippen LogP contribution in [0.15, 0.2) is 18.2 Å². The smallest absolute Gasteiger partial charge is 0.279 e. The predicted octanol–water partition coefficient (Wildman–Crippen LogP) is 0.911. The summed E-state index contributed by atoms with van der Waals surface area (Å²) in [5, 5.41) is 38.7. The van der Waals surface area contributed by atoms with Crippen molar-refractivity contribution < 1.29 is 19.9 Å². The van der Waals surface area contributed by atoms with Gasteiger partial charge in [0.05, 0.1) is 30.6 Å². The average Bonchev–Trinajstić information content (AvgIpc) is 2.37. The summed E-state index contributed by atoms with van der Waals surface area (Å²) in [4.78, 5) is 10.2. The number of aliphatic hydroxyl groups is 2. The Labute approximate surface area is 103 Å². The fourth-order valence-electron chi connectivity index (χ4n) is 1.56. The van der Waals surface area contributed by atoms with Crippen molar-refractivity contribution >= 4 is 5.69 Å². The van der Waals surface area contributed by atoms with E-state index in [4.69, 9.17) is 10.00 Å². The van der Waals surface area contributed by atoms with Crippen LogP contribution >= 0.6 is 0 Å². The van der Waals surface area contributed by atoms with Gasteiger partial charge < -0.3 is 14.9 Å². The number of nitriles is 1. The van der Waals surface area contributed by atoms with Crippen LogP contribution in [0.3, 0.4) is 0 Å². The van der Waals surface area contributed by atoms with Crippen molar-refractivity contribution in [2.45, 2.75) is 18.6 Å². The molecular weight excluding hydrogens is 240 g/mol. The first kappa shape index (κ1) is 13.9. The van der Waals surface area contributed by atoms with Gasteiger partial charge >= 0.3 is 0 Å². The fraction of sp³-hybridized carbons (Fsp3) is 0.364. The number of hydrogen-bond donors (Lipinski definition) is 2. The number of nitrogens with zero attached hydrogens (tertiary/aromatic N) is 2. The molecule has 2 unspecified atom stereocenters. The Morgan fingerprint density at radius 3 is 2.72 bits per heavy atom. The van der Waals surface area contributed by atoms with Gasteiger partial charge in [0.2, 0.25) is 0 Å². The topological polar surface area (TPSA) is 117 Å². The third kappa shape index (κ3) is 2.74. The molecule has 0 saturated carbocycles. The van der Waals surface area contributed by atoms with Crippen molar-refractivity contribution in [2.75, 3.05) is 7.11 Å². The molecule has 0 aromatic heterocycles. The predicted molar refractivity (Wildman–Crippen MR) is 60.8 cm³/mol. The number of hydrogen-bond acceptors (Lipinski definition) is 6. The highest BCUT2D eigenvalue weighted by molar-refractivity contribution is 5.51. The molecule has 0 heterocycles. The van der Waals surface area contributed by atoms with Gasteiger partial charge in [-0.1, -0.05) is 6.07 Å². The summed E-state index contributed by atoms with van der Waals surface area (Å²) in [5.41, 5.74) is -0.494. The Morgan fingerprint density at radius 2 is 2.22 bits per heavy atom. The Morgan fingerprint density at radius 1 is 1.56 bits per heavy atom. The lowest BCUT2D eigenvalue weighted by atomic mass is 9.99. The minimum absolute atomic E-state index is 0.0914. The summed E-state index contributed by atoms with van der Waals surface area (Å²) in [5.74, 6) is 0.0914. The molecule has 0 aliphatic heterocycles. The number of nitro benzene ring substituents is 1. The number of methoxy groups -OCH3 is 1. The van der Waals surface area contributed by atoms with E-state index in [0.29, 0.717) is 0 Å². The molecule has 2 atom stereocenters. The van der Waals surface area contributed by atoms with Gasteiger partial charge in [-0.25, -0.2) is 0 Å². The second-order valence-corrected chi connectivity index (χ2v) is 3.52. The number of benzene rings is 1. The summed E-state index contributed by atoms with van der Waals surface area (Å²) in [7, 11) is 1.30. The van der Waals surface area contributed by atoms with Crippen LogP contribution in [-0.2, 0) is 0 Å². The van der Waals surface area contributed by atoms with E-state index in [-0.39, 0.29) is 23.4 Å². The summed E-state index contributed by atoms with van der Waals surface area (Å²) >= 11 is 0. The number of nitro groups is 1. The lowest BCUT2D eigenvalue weighted by molar-refractivity contribution is -0.386. The van der Waals surface area contributed by atoms with Crippen LogP contribution in [0.1, 0.15) is 18.1 Å². The first-order valence-electron chi connectivity index (χ1n) is 5.07. The molecule has 1 rings (SSSR count). The molecule has 7 heteroatoms. The minimum Gasteiger partial charge on any atom is -0.496 e. The fourth-order valence-corrected chi connectivity index (χ4v) is 1.56. The Hall–Kier alpha value is -2.17. The summed E-state index contributed by atoms with van der Waals surface area (Å²) < 4.78 is 4.93. The van der Waals surface area contributed by atoms with Gasteiger partial charge in [-0.2, -0.15) is 5.26 Å². The maximum absolute atomic E-state index is 10.9. The molecule has 0 aliphatic carbocycles. The van der Waals surface area contributed by atoms with E-state index < -0.39 is 17.1 Å². The third-order valence-electron chi connectivity index (χ3n) is 2.42. The van der Waals surface area contributed by atoms with Crippen molar-refractivity contribution in [3.63, 3.8) is 0 Å². The summed E-state index contributed by atoms with van der Waals surface area (Å²) in [6, 6.07) is 5.72. The van der Waals surface area contributed by atoms with E-state index in [0.717, 1.165) is 0 Å². The maximum atomic E-state index is 10.9. The molecule has 7 nitrogen and oxygen atoms in total. The molecule has 2 N–H and O–H groups in total. The molecule has 0 spiro atoms. The van der Waals surface area contributed by atoms with Crippen molar-refractivity contribution in [3.05, 3.63) is 33.9 Å². The maximum Gasteiger partial charge on any atom is 0.279 e. The highest BCUT2D eigenvalue weighted by Gasteiger charge is 2.29. The van der Waals surface area contributed by atoms with Gasteiger partial charge in [-0.3, -0.25) is 10.1 Å². The van der Waals surface area contributed by atoms with Gasteiger partial charge in [-0.05, 0) is 6.07 Å². The van der Waals surface area contributed by atoms with Crippen LogP contribution in [0, 0.1) is 21.4 Å². The number of rotatable bonds is 5. The van der Waals surface area contributed by atoms with E-state index in [1.165, 1.54) is 25.3 Å². The molecule has 1 aromatic carbocycles. The molecule has 0 aliphatic rings. The zero-order valence-electron chi connectivity index (χ0n) is 9.61. The molecule has 96 valence electrons. The van der Waals surface area contributed by atoms with Crippen molar-refractivity contribution in [1.82, 2.24) is 0 Å². The SMILES string of the molecule is COc1cccc([N+](=O)[O-])c1C(O)C(O)CC#N. The molecule has 1 aromatic rings. The van der Waals surface area contributed by atoms with Crippen LogP contribution in [0.2, 0.25) is 0 Å². The second-order valence-electron chi connectivity index (χ2n) is 3.52. The highest BCUT2D eigenvalue weighted by Crippen LogP contribution is 2.35. The summed E-state index contributed by atoms with van der Waals surface area (Å²) in [6.07, 6.45) is -3.30. The van der Waals surface area contributed by atoms with E-state index in [2.05, 4.69) is 0 Å².